The largest absolute Gasteiger partial charge is 0.457 e. The van der Waals surface area contributed by atoms with Gasteiger partial charge in [0.15, 0.2) is 0 Å². The molecule has 0 bridgehead atoms. The molecule has 0 spiro atoms. The van der Waals surface area contributed by atoms with Crippen molar-refractivity contribution in [3.05, 3.63) is 105 Å². The van der Waals surface area contributed by atoms with Crippen molar-refractivity contribution in [1.82, 2.24) is 0 Å². The number of benzene rings is 3. The summed E-state index contributed by atoms with van der Waals surface area (Å²) < 4.78 is 5.79. The highest BCUT2D eigenvalue weighted by Crippen LogP contribution is 2.48. The Labute approximate surface area is 208 Å². The van der Waals surface area contributed by atoms with Crippen LogP contribution in [0.4, 0.5) is 17.1 Å². The van der Waals surface area contributed by atoms with Crippen LogP contribution in [0.1, 0.15) is 5.76 Å². The highest BCUT2D eigenvalue weighted by Gasteiger charge is 2.27. The second-order valence-corrected chi connectivity index (χ2v) is 9.24. The summed E-state index contributed by atoms with van der Waals surface area (Å²) in [5.74, 6) is 0.483. The molecule has 0 aliphatic carbocycles. The SMILES string of the molecule is O=C(/C=C/c1ccc(-c2cc([N+](=O)[O-])ccc2Cl)o1)N1c2ccccc2Sc2ccc(Cl)cc21. The van der Waals surface area contributed by atoms with Gasteiger partial charge in [-0.1, -0.05) is 47.1 Å². The van der Waals surface area contributed by atoms with Crippen LogP contribution in [-0.4, -0.2) is 10.8 Å². The fraction of sp³-hybridized carbons (Fsp3) is 0. The highest BCUT2D eigenvalue weighted by molar-refractivity contribution is 7.99. The van der Waals surface area contributed by atoms with Gasteiger partial charge in [-0.05, 0) is 54.6 Å². The van der Waals surface area contributed by atoms with E-state index >= 15 is 0 Å². The lowest BCUT2D eigenvalue weighted by Gasteiger charge is -2.30. The molecule has 2 heterocycles. The first-order valence-corrected chi connectivity index (χ1v) is 11.6. The maximum absolute atomic E-state index is 13.3. The van der Waals surface area contributed by atoms with Crippen LogP contribution in [0.25, 0.3) is 17.4 Å². The average Bonchev–Trinajstić information content (AvgIpc) is 3.30. The zero-order chi connectivity index (χ0) is 23.8. The number of nitro groups is 1. The van der Waals surface area contributed by atoms with Gasteiger partial charge in [0.1, 0.15) is 11.5 Å². The van der Waals surface area contributed by atoms with Crippen LogP contribution in [0, 0.1) is 10.1 Å². The maximum atomic E-state index is 13.3. The number of nitro benzene ring substituents is 1. The number of anilines is 2. The fourth-order valence-electron chi connectivity index (χ4n) is 3.60. The third-order valence-corrected chi connectivity index (χ3v) is 6.85. The third kappa shape index (κ3) is 4.21. The van der Waals surface area contributed by atoms with Gasteiger partial charge >= 0.3 is 0 Å². The lowest BCUT2D eigenvalue weighted by atomic mass is 10.1. The normalized spacial score (nSPS) is 12.5. The van der Waals surface area contributed by atoms with E-state index in [-0.39, 0.29) is 11.6 Å². The van der Waals surface area contributed by atoms with Gasteiger partial charge in [-0.15, -0.1) is 0 Å². The molecule has 3 aromatic carbocycles. The lowest BCUT2D eigenvalue weighted by Crippen LogP contribution is -2.26. The van der Waals surface area contributed by atoms with Gasteiger partial charge in [-0.3, -0.25) is 19.8 Å². The first-order valence-electron chi connectivity index (χ1n) is 10.0. The molecule has 1 amide bonds. The fourth-order valence-corrected chi connectivity index (χ4v) is 5.01. The molecule has 1 aliphatic rings. The van der Waals surface area contributed by atoms with E-state index in [1.807, 2.05) is 30.3 Å². The van der Waals surface area contributed by atoms with E-state index < -0.39 is 4.92 Å². The number of halogens is 2. The van der Waals surface area contributed by atoms with Crippen molar-refractivity contribution < 1.29 is 14.1 Å². The summed E-state index contributed by atoms with van der Waals surface area (Å²) in [6.45, 7) is 0. The van der Waals surface area contributed by atoms with Crippen LogP contribution >= 0.6 is 35.0 Å². The number of nitrogens with zero attached hydrogens (tertiary/aromatic N) is 2. The molecule has 9 heteroatoms. The molecule has 6 nitrogen and oxygen atoms in total. The Kier molecular flexibility index (Phi) is 5.91. The predicted octanol–water partition coefficient (Wildman–Crippen LogP) is 8.00. The third-order valence-electron chi connectivity index (χ3n) is 5.15. The van der Waals surface area contributed by atoms with E-state index in [9.17, 15) is 14.9 Å². The van der Waals surface area contributed by atoms with Crippen molar-refractivity contribution in [3.63, 3.8) is 0 Å². The Hall–Kier alpha value is -3.52. The number of rotatable bonds is 4. The van der Waals surface area contributed by atoms with Crippen LogP contribution in [0.3, 0.4) is 0 Å². The average molecular weight is 509 g/mol. The minimum absolute atomic E-state index is 0.0953. The van der Waals surface area contributed by atoms with E-state index in [1.165, 1.54) is 24.3 Å². The quantitative estimate of drug-likeness (QED) is 0.158. The monoisotopic (exact) mass is 508 g/mol. The number of hydrogen-bond donors (Lipinski definition) is 0. The molecule has 0 fully saturated rings. The van der Waals surface area contributed by atoms with E-state index in [2.05, 4.69) is 0 Å². The second kappa shape index (κ2) is 9.02. The molecular weight excluding hydrogens is 495 g/mol. The summed E-state index contributed by atoms with van der Waals surface area (Å²) in [6.07, 6.45) is 2.96. The lowest BCUT2D eigenvalue weighted by molar-refractivity contribution is -0.384. The van der Waals surface area contributed by atoms with Gasteiger partial charge in [0.05, 0.1) is 21.3 Å². The predicted molar refractivity (Wildman–Crippen MR) is 134 cm³/mol. The molecule has 0 saturated carbocycles. The molecule has 0 N–H and O–H groups in total. The first kappa shape index (κ1) is 22.3. The molecule has 0 unspecified atom stereocenters. The Morgan fingerprint density at radius 2 is 1.76 bits per heavy atom. The van der Waals surface area contributed by atoms with Gasteiger partial charge in [0.2, 0.25) is 0 Å². The van der Waals surface area contributed by atoms with Crippen molar-refractivity contribution in [2.24, 2.45) is 0 Å². The van der Waals surface area contributed by atoms with Gasteiger partial charge in [-0.2, -0.15) is 0 Å². The Morgan fingerprint density at radius 3 is 2.59 bits per heavy atom. The zero-order valence-corrected chi connectivity index (χ0v) is 19.6. The number of furan rings is 1. The molecule has 34 heavy (non-hydrogen) atoms. The summed E-state index contributed by atoms with van der Waals surface area (Å²) in [7, 11) is 0. The van der Waals surface area contributed by atoms with Crippen LogP contribution < -0.4 is 4.90 Å². The summed E-state index contributed by atoms with van der Waals surface area (Å²) in [5.41, 5.74) is 1.77. The molecule has 5 rings (SSSR count). The number of carbonyl (C=O) groups is 1. The van der Waals surface area contributed by atoms with Crippen LogP contribution in [0.15, 0.2) is 93.1 Å². The highest BCUT2D eigenvalue weighted by atomic mass is 35.5. The van der Waals surface area contributed by atoms with Crippen molar-refractivity contribution in [2.45, 2.75) is 9.79 Å². The summed E-state index contributed by atoms with van der Waals surface area (Å²) in [6, 6.07) is 20.5. The van der Waals surface area contributed by atoms with E-state index in [4.69, 9.17) is 27.6 Å². The van der Waals surface area contributed by atoms with Crippen molar-refractivity contribution >= 4 is 64.0 Å². The number of para-hydroxylation sites is 1. The van der Waals surface area contributed by atoms with Crippen LogP contribution in [-0.2, 0) is 4.79 Å². The number of non-ortho nitro benzene ring substituents is 1. The number of carbonyl (C=O) groups excluding carboxylic acids is 1. The smallest absolute Gasteiger partial charge is 0.270 e. The van der Waals surface area contributed by atoms with E-state index in [0.29, 0.717) is 32.8 Å². The van der Waals surface area contributed by atoms with E-state index in [1.54, 1.807) is 47.0 Å². The molecule has 0 radical (unpaired) electrons. The Balaban J connectivity index is 1.46. The van der Waals surface area contributed by atoms with Gasteiger partial charge in [0.25, 0.3) is 11.6 Å². The van der Waals surface area contributed by atoms with Crippen molar-refractivity contribution in [1.29, 1.82) is 0 Å². The number of amides is 1. The van der Waals surface area contributed by atoms with Gasteiger partial charge in [-0.25, -0.2) is 0 Å². The molecule has 168 valence electrons. The molecule has 1 aliphatic heterocycles. The Morgan fingerprint density at radius 1 is 0.971 bits per heavy atom. The summed E-state index contributed by atoms with van der Waals surface area (Å²) in [5, 5.41) is 11.9. The van der Waals surface area contributed by atoms with Crippen molar-refractivity contribution in [2.75, 3.05) is 4.90 Å². The Bertz CT molecular complexity index is 1480. The van der Waals surface area contributed by atoms with Crippen LogP contribution in [0.2, 0.25) is 10.0 Å². The molecule has 0 atom stereocenters. The molecule has 0 saturated heterocycles. The van der Waals surface area contributed by atoms with Crippen molar-refractivity contribution in [3.8, 4) is 11.3 Å². The first-order chi connectivity index (χ1) is 16.4. The minimum atomic E-state index is -0.499. The van der Waals surface area contributed by atoms with Crippen LogP contribution in [0.5, 0.6) is 0 Å². The second-order valence-electron chi connectivity index (χ2n) is 7.31. The number of hydrogen-bond acceptors (Lipinski definition) is 5. The van der Waals surface area contributed by atoms with E-state index in [0.717, 1.165) is 15.5 Å². The minimum Gasteiger partial charge on any atom is -0.457 e. The van der Waals surface area contributed by atoms with Gasteiger partial charge in [0, 0.05) is 38.6 Å². The zero-order valence-electron chi connectivity index (χ0n) is 17.3. The maximum Gasteiger partial charge on any atom is 0.270 e. The number of fused-ring (bicyclic) bond motifs is 2. The standard InChI is InChI=1S/C25H14Cl2N2O4S/c26-15-5-11-24-21(13-15)28(20-3-1-2-4-23(20)34-24)25(30)12-8-17-7-10-22(33-17)18-14-16(29(31)32)6-9-19(18)27/h1-14H/b12-8+. The van der Waals surface area contributed by atoms with Gasteiger partial charge < -0.3 is 4.42 Å². The molecule has 4 aromatic rings. The summed E-state index contributed by atoms with van der Waals surface area (Å²) >= 11 is 14.0. The molecular formula is C25H14Cl2N2O4S. The molecule has 1 aromatic heterocycles. The topological polar surface area (TPSA) is 76.6 Å². The summed E-state index contributed by atoms with van der Waals surface area (Å²) in [4.78, 5) is 27.4.